The highest BCUT2D eigenvalue weighted by Gasteiger charge is 2.49. The van der Waals surface area contributed by atoms with Gasteiger partial charge in [0.1, 0.15) is 12.0 Å². The molecule has 5 aromatic carbocycles. The van der Waals surface area contributed by atoms with Gasteiger partial charge in [-0.1, -0.05) is 78.9 Å². The maximum Gasteiger partial charge on any atom is 0.416 e. The Labute approximate surface area is 294 Å². The molecule has 1 heterocycles. The van der Waals surface area contributed by atoms with E-state index in [1.54, 1.807) is 67.0 Å². The van der Waals surface area contributed by atoms with Crippen LogP contribution < -0.4 is 10.6 Å². The normalized spacial score (nSPS) is 13.4. The Morgan fingerprint density at radius 3 is 2.06 bits per heavy atom. The Kier molecular flexibility index (Phi) is 8.85. The molecule has 6 nitrogen and oxygen atoms in total. The zero-order valence-electron chi connectivity index (χ0n) is 27.4. The summed E-state index contributed by atoms with van der Waals surface area (Å²) >= 11 is 0. The topological polar surface area (TPSA) is 76.0 Å². The summed E-state index contributed by atoms with van der Waals surface area (Å²) in [5.74, 6) is -1.23. The molecule has 6 aromatic rings. The summed E-state index contributed by atoms with van der Waals surface area (Å²) in [6.45, 7) is -1.05. The molecule has 0 atom stereocenters. The van der Waals surface area contributed by atoms with Crippen molar-refractivity contribution in [3.05, 3.63) is 144 Å². The lowest BCUT2D eigenvalue weighted by Crippen LogP contribution is -2.47. The minimum Gasteiger partial charge on any atom is -0.346 e. The van der Waals surface area contributed by atoms with Gasteiger partial charge in [-0.15, -0.1) is 0 Å². The van der Waals surface area contributed by atoms with Crippen LogP contribution in [-0.2, 0) is 22.9 Å². The van der Waals surface area contributed by atoms with E-state index in [0.29, 0.717) is 40.9 Å². The van der Waals surface area contributed by atoms with Gasteiger partial charge in [0, 0.05) is 17.8 Å². The number of carbonyl (C=O) groups is 2. The van der Waals surface area contributed by atoms with Gasteiger partial charge >= 0.3 is 12.4 Å². The van der Waals surface area contributed by atoms with Crippen molar-refractivity contribution in [1.82, 2.24) is 14.9 Å². The van der Waals surface area contributed by atoms with Crippen LogP contribution in [0, 0.1) is 0 Å². The van der Waals surface area contributed by atoms with E-state index in [-0.39, 0.29) is 17.5 Å². The molecule has 2 N–H and O–H groups in total. The molecular weight excluding hydrogens is 682 g/mol. The van der Waals surface area contributed by atoms with Crippen molar-refractivity contribution in [1.29, 1.82) is 0 Å². The standard InChI is InChI=1S/C40H30F6N4O2/c41-39(42,43)23-47-37(52)38(32-15-5-3-12-29(32)30-13-4-6-16-33(30)38)19-8-20-50-24-48-34-22-27(17-18-35(34)50)49-36(51)31-14-2-1-11-28(31)25-9-7-10-26(21-25)40(44,45)46/h1-7,9-18,21-22,24H,8,19-20,23H2,(H,47,52)(H,49,51). The lowest BCUT2D eigenvalue weighted by molar-refractivity contribution is -0.141. The lowest BCUT2D eigenvalue weighted by Gasteiger charge is -2.31. The summed E-state index contributed by atoms with van der Waals surface area (Å²) < 4.78 is 81.8. The van der Waals surface area contributed by atoms with E-state index < -0.39 is 41.7 Å². The van der Waals surface area contributed by atoms with Gasteiger partial charge < -0.3 is 15.2 Å². The van der Waals surface area contributed by atoms with E-state index in [0.717, 1.165) is 28.8 Å². The van der Waals surface area contributed by atoms with E-state index in [1.165, 1.54) is 18.2 Å². The fourth-order valence-corrected chi connectivity index (χ4v) is 7.11. The Bertz CT molecular complexity index is 2260. The van der Waals surface area contributed by atoms with Crippen LogP contribution >= 0.6 is 0 Å². The molecule has 0 unspecified atom stereocenters. The lowest BCUT2D eigenvalue weighted by atomic mass is 9.73. The van der Waals surface area contributed by atoms with Gasteiger partial charge in [-0.05, 0) is 82.6 Å². The molecule has 0 aliphatic heterocycles. The van der Waals surface area contributed by atoms with E-state index >= 15 is 0 Å². The Morgan fingerprint density at radius 2 is 1.38 bits per heavy atom. The van der Waals surface area contributed by atoms with Gasteiger partial charge in [0.15, 0.2) is 0 Å². The SMILES string of the molecule is O=C(Nc1ccc2c(c1)ncn2CCCC1(C(=O)NCC(F)(F)F)c2ccccc2-c2ccccc21)c1ccccc1-c1cccc(C(F)(F)F)c1. The second-order valence-electron chi connectivity index (χ2n) is 12.6. The molecule has 0 bridgehead atoms. The van der Waals surface area contributed by atoms with Crippen LogP contribution in [0.15, 0.2) is 122 Å². The molecule has 264 valence electrons. The van der Waals surface area contributed by atoms with Crippen LogP contribution in [0.4, 0.5) is 32.0 Å². The van der Waals surface area contributed by atoms with E-state index in [4.69, 9.17) is 0 Å². The molecule has 1 aliphatic rings. The van der Waals surface area contributed by atoms with Crippen LogP contribution in [0.3, 0.4) is 0 Å². The van der Waals surface area contributed by atoms with Crippen molar-refractivity contribution < 1.29 is 35.9 Å². The number of aryl methyl sites for hydroxylation is 1. The van der Waals surface area contributed by atoms with E-state index in [1.807, 2.05) is 28.8 Å². The molecule has 0 fully saturated rings. The van der Waals surface area contributed by atoms with Crippen LogP contribution in [0.25, 0.3) is 33.3 Å². The van der Waals surface area contributed by atoms with Crippen LogP contribution in [0.1, 0.15) is 39.9 Å². The van der Waals surface area contributed by atoms with Gasteiger partial charge in [-0.2, -0.15) is 26.3 Å². The van der Waals surface area contributed by atoms with Crippen molar-refractivity contribution in [3.63, 3.8) is 0 Å². The molecule has 1 aromatic heterocycles. The first kappa shape index (κ1) is 34.5. The number of nitrogens with one attached hydrogen (secondary N) is 2. The maximum absolute atomic E-state index is 13.8. The second kappa shape index (κ2) is 13.3. The number of benzene rings is 5. The smallest absolute Gasteiger partial charge is 0.346 e. The number of anilines is 1. The van der Waals surface area contributed by atoms with Crippen LogP contribution in [0.2, 0.25) is 0 Å². The largest absolute Gasteiger partial charge is 0.416 e. The number of halogens is 6. The molecule has 2 amide bonds. The number of hydrogen-bond donors (Lipinski definition) is 2. The first-order valence-corrected chi connectivity index (χ1v) is 16.4. The molecular formula is C40H30F6N4O2. The molecule has 0 radical (unpaired) electrons. The summed E-state index contributed by atoms with van der Waals surface area (Å²) in [6, 6.07) is 30.9. The van der Waals surface area contributed by atoms with Crippen molar-refractivity contribution in [2.24, 2.45) is 0 Å². The molecule has 7 rings (SSSR count). The van der Waals surface area contributed by atoms with E-state index in [2.05, 4.69) is 15.6 Å². The number of amides is 2. The van der Waals surface area contributed by atoms with Gasteiger partial charge in [0.2, 0.25) is 5.91 Å². The van der Waals surface area contributed by atoms with Crippen molar-refractivity contribution in [2.45, 2.75) is 37.2 Å². The first-order valence-electron chi connectivity index (χ1n) is 16.4. The number of hydrogen-bond acceptors (Lipinski definition) is 3. The highest BCUT2D eigenvalue weighted by molar-refractivity contribution is 6.09. The fourth-order valence-electron chi connectivity index (χ4n) is 7.11. The van der Waals surface area contributed by atoms with Crippen LogP contribution in [-0.4, -0.2) is 34.1 Å². The predicted octanol–water partition coefficient (Wildman–Crippen LogP) is 9.40. The average Bonchev–Trinajstić information content (AvgIpc) is 3.66. The quantitative estimate of drug-likeness (QED) is 0.147. The summed E-state index contributed by atoms with van der Waals surface area (Å²) in [5.41, 5.74) is 3.24. The van der Waals surface area contributed by atoms with Crippen molar-refractivity contribution >= 4 is 28.5 Å². The monoisotopic (exact) mass is 712 g/mol. The number of carbonyl (C=O) groups excluding carboxylic acids is 2. The Balaban J connectivity index is 1.11. The summed E-state index contributed by atoms with van der Waals surface area (Å²) in [6.07, 6.45) is -6.85. The molecule has 0 spiro atoms. The fraction of sp³-hybridized carbons (Fsp3) is 0.175. The minimum absolute atomic E-state index is 0.190. The molecule has 0 saturated heterocycles. The van der Waals surface area contributed by atoms with Gasteiger partial charge in [0.25, 0.3) is 5.91 Å². The molecule has 12 heteroatoms. The number of aromatic nitrogens is 2. The minimum atomic E-state index is -4.57. The zero-order valence-corrected chi connectivity index (χ0v) is 27.4. The molecule has 52 heavy (non-hydrogen) atoms. The Hall–Kier alpha value is -5.91. The number of alkyl halides is 6. The van der Waals surface area contributed by atoms with Crippen molar-refractivity contribution in [3.8, 4) is 22.3 Å². The average molecular weight is 713 g/mol. The highest BCUT2D eigenvalue weighted by atomic mass is 19.4. The van der Waals surface area contributed by atoms with Crippen LogP contribution in [0.5, 0.6) is 0 Å². The Morgan fingerprint density at radius 1 is 0.731 bits per heavy atom. The second-order valence-corrected chi connectivity index (χ2v) is 12.6. The summed E-state index contributed by atoms with van der Waals surface area (Å²) in [4.78, 5) is 31.7. The zero-order chi connectivity index (χ0) is 36.7. The number of nitrogens with zero attached hydrogens (tertiary/aromatic N) is 2. The van der Waals surface area contributed by atoms with Gasteiger partial charge in [-0.25, -0.2) is 4.98 Å². The number of rotatable bonds is 9. The number of imidazole rings is 1. The summed E-state index contributed by atoms with van der Waals surface area (Å²) in [5, 5.41) is 4.97. The van der Waals surface area contributed by atoms with Crippen molar-refractivity contribution in [2.75, 3.05) is 11.9 Å². The molecule has 0 saturated carbocycles. The third kappa shape index (κ3) is 6.52. The van der Waals surface area contributed by atoms with Gasteiger partial charge in [-0.3, -0.25) is 9.59 Å². The predicted molar refractivity (Wildman–Crippen MR) is 186 cm³/mol. The third-order valence-electron chi connectivity index (χ3n) is 9.40. The van der Waals surface area contributed by atoms with Gasteiger partial charge in [0.05, 0.1) is 22.9 Å². The first-order chi connectivity index (χ1) is 24.8. The summed E-state index contributed by atoms with van der Waals surface area (Å²) in [7, 11) is 0. The molecule has 1 aliphatic carbocycles. The third-order valence-corrected chi connectivity index (χ3v) is 9.40. The van der Waals surface area contributed by atoms with E-state index in [9.17, 15) is 35.9 Å². The number of fused-ring (bicyclic) bond motifs is 4. The highest BCUT2D eigenvalue weighted by Crippen LogP contribution is 2.51. The maximum atomic E-state index is 13.8.